The molecule has 0 spiro atoms. The summed E-state index contributed by atoms with van der Waals surface area (Å²) in [6.45, 7) is 4.07. The predicted octanol–water partition coefficient (Wildman–Crippen LogP) is 2.98. The maximum absolute atomic E-state index is 13.8. The highest BCUT2D eigenvalue weighted by atomic mass is 35.5. The Morgan fingerprint density at radius 3 is 2.51 bits per heavy atom. The van der Waals surface area contributed by atoms with Gasteiger partial charge in [-0.15, -0.1) is 0 Å². The maximum atomic E-state index is 13.8. The van der Waals surface area contributed by atoms with E-state index in [1.54, 1.807) is 21.1 Å². The number of nitriles is 1. The lowest BCUT2D eigenvalue weighted by atomic mass is 9.89. The topological polar surface area (TPSA) is 178 Å². The summed E-state index contributed by atoms with van der Waals surface area (Å²) in [6, 6.07) is 9.88. The first-order valence-corrected chi connectivity index (χ1v) is 19.7. The van der Waals surface area contributed by atoms with Crippen molar-refractivity contribution < 1.29 is 8.42 Å². The Labute approximate surface area is 312 Å². The highest BCUT2D eigenvalue weighted by molar-refractivity contribution is 7.89. The normalized spacial score (nSPS) is 19.5. The van der Waals surface area contributed by atoms with E-state index in [0.717, 1.165) is 49.1 Å². The number of halogens is 1. The Morgan fingerprint density at radius 2 is 1.81 bits per heavy atom. The lowest BCUT2D eigenvalue weighted by Gasteiger charge is -2.36. The minimum atomic E-state index is -3.63. The van der Waals surface area contributed by atoms with Gasteiger partial charge in [0, 0.05) is 76.1 Å². The van der Waals surface area contributed by atoms with Gasteiger partial charge in [-0.1, -0.05) is 23.7 Å². The van der Waals surface area contributed by atoms with Crippen LogP contribution in [-0.2, 0) is 17.1 Å². The van der Waals surface area contributed by atoms with Crippen molar-refractivity contribution in [1.82, 2.24) is 43.4 Å². The van der Waals surface area contributed by atoms with E-state index >= 15 is 0 Å². The molecule has 17 heteroatoms. The molecule has 2 aliphatic heterocycles. The van der Waals surface area contributed by atoms with E-state index in [2.05, 4.69) is 48.5 Å². The van der Waals surface area contributed by atoms with E-state index in [1.807, 2.05) is 25.1 Å². The highest BCUT2D eigenvalue weighted by Gasteiger charge is 2.36. The number of anilines is 1. The number of piperidine rings is 2. The summed E-state index contributed by atoms with van der Waals surface area (Å²) in [7, 11) is 0.158. The van der Waals surface area contributed by atoms with E-state index in [-0.39, 0.29) is 12.5 Å². The number of H-pyrrole nitrogens is 1. The molecule has 53 heavy (non-hydrogen) atoms. The van der Waals surface area contributed by atoms with Crippen molar-refractivity contribution in [2.75, 3.05) is 51.6 Å². The van der Waals surface area contributed by atoms with E-state index < -0.39 is 26.5 Å². The fraction of sp³-hybridized carbons (Fsp3) is 0.444. The van der Waals surface area contributed by atoms with Crippen LogP contribution in [0.25, 0.3) is 16.7 Å². The molecule has 3 aromatic heterocycles. The van der Waals surface area contributed by atoms with Gasteiger partial charge in [-0.2, -0.15) is 10.4 Å². The Bertz CT molecular complexity index is 2310. The summed E-state index contributed by atoms with van der Waals surface area (Å²) in [4.78, 5) is 39.1. The van der Waals surface area contributed by atoms with Gasteiger partial charge < -0.3 is 15.1 Å². The van der Waals surface area contributed by atoms with Gasteiger partial charge >= 0.3 is 5.69 Å². The van der Waals surface area contributed by atoms with Gasteiger partial charge in [-0.05, 0) is 68.5 Å². The second kappa shape index (κ2) is 15.3. The Kier molecular flexibility index (Phi) is 10.5. The molecule has 0 bridgehead atoms. The molecule has 0 radical (unpaired) electrons. The number of aryl methyl sites for hydroxylation is 1. The van der Waals surface area contributed by atoms with Crippen LogP contribution in [0.2, 0.25) is 5.02 Å². The third kappa shape index (κ3) is 7.79. The zero-order valence-corrected chi connectivity index (χ0v) is 31.2. The second-order valence-electron chi connectivity index (χ2n) is 13.9. The molecule has 0 amide bonds. The van der Waals surface area contributed by atoms with Gasteiger partial charge in [-0.25, -0.2) is 27.5 Å². The van der Waals surface area contributed by atoms with Crippen LogP contribution >= 0.6 is 11.6 Å². The van der Waals surface area contributed by atoms with Gasteiger partial charge in [0.15, 0.2) is 5.82 Å². The monoisotopic (exact) mass is 759 g/mol. The number of hydrogen-bond acceptors (Lipinski definition) is 11. The van der Waals surface area contributed by atoms with E-state index in [0.29, 0.717) is 60.8 Å². The van der Waals surface area contributed by atoms with Crippen LogP contribution in [0, 0.1) is 11.3 Å². The van der Waals surface area contributed by atoms with E-state index in [9.17, 15) is 23.3 Å². The van der Waals surface area contributed by atoms with Crippen LogP contribution in [-0.4, -0.2) is 109 Å². The first kappa shape index (κ1) is 36.5. The largest absolute Gasteiger partial charge is 0.375 e. The van der Waals surface area contributed by atoms with Crippen molar-refractivity contribution in [3.05, 3.63) is 97.7 Å². The summed E-state index contributed by atoms with van der Waals surface area (Å²) < 4.78 is 32.3. The zero-order chi connectivity index (χ0) is 37.3. The predicted molar refractivity (Wildman–Crippen MR) is 202 cm³/mol. The Hall–Kier alpha value is -4.82. The average Bonchev–Trinajstić information content (AvgIpc) is 3.49. The van der Waals surface area contributed by atoms with Gasteiger partial charge in [0.05, 0.1) is 33.8 Å². The summed E-state index contributed by atoms with van der Waals surface area (Å²) in [5.41, 5.74) is 2.40. The SMILES string of the molecule is CN(CCN1CCC(c2ccc3c(-n4ccc(=O)[nH]c4=O)nn(C)c3c2)CC1)C1=C(C#N)C=CC(S(=O)(=O)N2CCC(Nc3ncc(Cl)cn3)CC2)C1. The quantitative estimate of drug-likeness (QED) is 0.243. The summed E-state index contributed by atoms with van der Waals surface area (Å²) in [5, 5.41) is 18.3. The standard InChI is InChI=1S/C36H42ClN11O4S/c1-44(31-20-29(5-3-26(31)21-38)53(51,52)47-14-9-28(10-15-47)41-35-39-22-27(37)23-40-35)17-18-46-12-7-24(8-13-46)25-4-6-30-32(19-25)45(2)43-34(30)48-16-11-33(49)42-36(48)50/h3-6,11,16,19,22-24,28-29H,7-10,12-15,17-18,20H2,1-2H3,(H,39,40,41)(H,42,49,50). The van der Waals surface area contributed by atoms with Crippen LogP contribution in [0.5, 0.6) is 0 Å². The van der Waals surface area contributed by atoms with Crippen molar-refractivity contribution in [2.24, 2.45) is 7.05 Å². The van der Waals surface area contributed by atoms with Gasteiger partial charge in [0.1, 0.15) is 6.07 Å². The number of sulfonamides is 1. The number of fused-ring (bicyclic) bond motifs is 1. The van der Waals surface area contributed by atoms with Gasteiger partial charge in [-0.3, -0.25) is 19.0 Å². The number of likely N-dealkylation sites (tertiary alicyclic amines) is 1. The molecule has 2 N–H and O–H groups in total. The number of aromatic amines is 1. The number of nitrogens with zero attached hydrogens (tertiary/aromatic N) is 9. The van der Waals surface area contributed by atoms with Crippen molar-refractivity contribution in [3.8, 4) is 11.9 Å². The molecule has 7 rings (SSSR count). The van der Waals surface area contributed by atoms with Gasteiger partial charge in [0.2, 0.25) is 16.0 Å². The molecule has 2 saturated heterocycles. The van der Waals surface area contributed by atoms with Crippen LogP contribution in [0.4, 0.5) is 5.95 Å². The lowest BCUT2D eigenvalue weighted by Crippen LogP contribution is -2.46. The molecule has 15 nitrogen and oxygen atoms in total. The third-order valence-electron chi connectivity index (χ3n) is 10.6. The summed E-state index contributed by atoms with van der Waals surface area (Å²) >= 11 is 5.89. The molecule has 3 aliphatic rings. The van der Waals surface area contributed by atoms with Crippen LogP contribution < -0.4 is 16.6 Å². The zero-order valence-electron chi connectivity index (χ0n) is 29.7. The smallest absolute Gasteiger partial charge is 0.334 e. The van der Waals surface area contributed by atoms with E-state index in [1.165, 1.54) is 34.8 Å². The van der Waals surface area contributed by atoms with Crippen molar-refractivity contribution in [2.45, 2.75) is 49.3 Å². The Balaban J connectivity index is 0.922. The number of allylic oxidation sites excluding steroid dienone is 3. The number of rotatable bonds is 10. The fourth-order valence-corrected chi connectivity index (χ4v) is 9.39. The number of likely N-dealkylation sites (N-methyl/N-ethyl adjacent to an activating group) is 1. The van der Waals surface area contributed by atoms with Crippen LogP contribution in [0.15, 0.2) is 75.9 Å². The van der Waals surface area contributed by atoms with Crippen molar-refractivity contribution >= 4 is 38.5 Å². The molecular weight excluding hydrogens is 718 g/mol. The van der Waals surface area contributed by atoms with E-state index in [4.69, 9.17) is 11.6 Å². The summed E-state index contributed by atoms with van der Waals surface area (Å²) in [6.07, 6.45) is 11.3. The van der Waals surface area contributed by atoms with Crippen LogP contribution in [0.1, 0.15) is 43.6 Å². The average molecular weight is 760 g/mol. The summed E-state index contributed by atoms with van der Waals surface area (Å²) in [5.74, 6) is 1.32. The van der Waals surface area contributed by atoms with Gasteiger partial charge in [0.25, 0.3) is 5.56 Å². The molecule has 1 aromatic carbocycles. The lowest BCUT2D eigenvalue weighted by molar-refractivity contribution is 0.194. The highest BCUT2D eigenvalue weighted by Crippen LogP contribution is 2.33. The minimum absolute atomic E-state index is 0.0578. The Morgan fingerprint density at radius 1 is 1.08 bits per heavy atom. The van der Waals surface area contributed by atoms with Crippen LogP contribution in [0.3, 0.4) is 0 Å². The number of hydrogen-bond donors (Lipinski definition) is 2. The molecule has 278 valence electrons. The van der Waals surface area contributed by atoms with Crippen molar-refractivity contribution in [3.63, 3.8) is 0 Å². The minimum Gasteiger partial charge on any atom is -0.375 e. The maximum Gasteiger partial charge on any atom is 0.334 e. The molecule has 1 aliphatic carbocycles. The number of benzene rings is 1. The molecule has 2 fully saturated rings. The second-order valence-corrected chi connectivity index (χ2v) is 16.5. The third-order valence-corrected chi connectivity index (χ3v) is 13.0. The molecule has 5 heterocycles. The molecular formula is C36H42ClN11O4S. The first-order valence-electron chi connectivity index (χ1n) is 17.8. The number of nitrogens with one attached hydrogen (secondary N) is 2. The number of aromatic nitrogens is 6. The first-order chi connectivity index (χ1) is 25.5. The molecule has 1 unspecified atom stereocenters. The molecule has 4 aromatic rings. The fourth-order valence-electron chi connectivity index (χ4n) is 7.54. The van der Waals surface area contributed by atoms with Crippen molar-refractivity contribution in [1.29, 1.82) is 5.26 Å². The molecule has 0 saturated carbocycles. The molecule has 1 atom stereocenters.